The van der Waals surface area contributed by atoms with Crippen molar-refractivity contribution in [3.05, 3.63) is 35.0 Å². The molecule has 0 radical (unpaired) electrons. The fraction of sp³-hybridized carbons (Fsp3) is 0.375. The summed E-state index contributed by atoms with van der Waals surface area (Å²) in [5.41, 5.74) is 1.35. The van der Waals surface area contributed by atoms with Crippen molar-refractivity contribution in [3.8, 4) is 0 Å². The quantitative estimate of drug-likeness (QED) is 0.899. The molecule has 1 aliphatic heterocycles. The average molecular weight is 301 g/mol. The number of rotatable bonds is 3. The number of para-hydroxylation sites is 1. The Kier molecular flexibility index (Phi) is 3.24. The molecule has 110 valence electrons. The highest BCUT2D eigenvalue weighted by molar-refractivity contribution is 7.19. The standard InChI is InChI=1S/C16H19N3OS/c1-4-16(2,3)19-9-11(20)13(14(19)17)15-18-10-7-5-6-8-12(10)21-15/h5-8,17,20H,4,9H2,1-3H3. The third-order valence-corrected chi connectivity index (χ3v) is 5.26. The highest BCUT2D eigenvalue weighted by Crippen LogP contribution is 2.36. The Balaban J connectivity index is 2.02. The van der Waals surface area contributed by atoms with Crippen LogP contribution in [0.2, 0.25) is 0 Å². The predicted octanol–water partition coefficient (Wildman–Crippen LogP) is 4.05. The Morgan fingerprint density at radius 3 is 2.76 bits per heavy atom. The largest absolute Gasteiger partial charge is 0.510 e. The minimum absolute atomic E-state index is 0.149. The van der Waals surface area contributed by atoms with Crippen LogP contribution in [0.4, 0.5) is 0 Å². The highest BCUT2D eigenvalue weighted by atomic mass is 32.1. The van der Waals surface area contributed by atoms with Gasteiger partial charge in [-0.05, 0) is 32.4 Å². The highest BCUT2D eigenvalue weighted by Gasteiger charge is 2.37. The van der Waals surface area contributed by atoms with Crippen molar-refractivity contribution in [2.24, 2.45) is 0 Å². The van der Waals surface area contributed by atoms with Gasteiger partial charge in [0.05, 0.1) is 22.3 Å². The van der Waals surface area contributed by atoms with Gasteiger partial charge in [-0.3, -0.25) is 5.41 Å². The molecule has 4 nitrogen and oxygen atoms in total. The van der Waals surface area contributed by atoms with Gasteiger partial charge in [0.1, 0.15) is 16.6 Å². The van der Waals surface area contributed by atoms with Gasteiger partial charge in [0.15, 0.2) is 0 Å². The van der Waals surface area contributed by atoms with Gasteiger partial charge in [-0.25, -0.2) is 4.98 Å². The van der Waals surface area contributed by atoms with E-state index >= 15 is 0 Å². The zero-order chi connectivity index (χ0) is 15.2. The Morgan fingerprint density at radius 1 is 1.38 bits per heavy atom. The summed E-state index contributed by atoms with van der Waals surface area (Å²) in [5.74, 6) is 0.624. The summed E-state index contributed by atoms with van der Waals surface area (Å²) >= 11 is 1.53. The van der Waals surface area contributed by atoms with Gasteiger partial charge in [0, 0.05) is 5.54 Å². The fourth-order valence-corrected chi connectivity index (χ4v) is 3.52. The van der Waals surface area contributed by atoms with E-state index in [1.54, 1.807) is 0 Å². The molecule has 5 heteroatoms. The molecular weight excluding hydrogens is 282 g/mol. The van der Waals surface area contributed by atoms with Gasteiger partial charge in [-0.15, -0.1) is 11.3 Å². The number of amidine groups is 1. The van der Waals surface area contributed by atoms with Crippen LogP contribution in [-0.4, -0.2) is 32.9 Å². The number of aromatic nitrogens is 1. The van der Waals surface area contributed by atoms with E-state index in [2.05, 4.69) is 25.8 Å². The Bertz CT molecular complexity index is 712. The van der Waals surface area contributed by atoms with Crippen molar-refractivity contribution >= 4 is 33.0 Å². The zero-order valence-electron chi connectivity index (χ0n) is 12.5. The van der Waals surface area contributed by atoms with Crippen LogP contribution < -0.4 is 0 Å². The van der Waals surface area contributed by atoms with Crippen LogP contribution in [0.5, 0.6) is 0 Å². The molecule has 2 heterocycles. The number of nitrogens with one attached hydrogen (secondary N) is 1. The molecular formula is C16H19N3OS. The first-order chi connectivity index (χ1) is 9.94. The second kappa shape index (κ2) is 4.84. The van der Waals surface area contributed by atoms with E-state index < -0.39 is 0 Å². The first kappa shape index (κ1) is 14.1. The summed E-state index contributed by atoms with van der Waals surface area (Å²) in [6.45, 7) is 6.68. The maximum atomic E-state index is 10.3. The number of thiazole rings is 1. The Labute approximate surface area is 128 Å². The van der Waals surface area contributed by atoms with Crippen molar-refractivity contribution in [2.75, 3.05) is 6.54 Å². The molecule has 0 saturated carbocycles. The van der Waals surface area contributed by atoms with E-state index in [1.165, 1.54) is 11.3 Å². The molecule has 0 spiro atoms. The normalized spacial score (nSPS) is 16.3. The second-order valence-corrected chi connectivity index (χ2v) is 6.94. The lowest BCUT2D eigenvalue weighted by atomic mass is 9.99. The van der Waals surface area contributed by atoms with Gasteiger partial charge in [-0.1, -0.05) is 19.1 Å². The number of hydrogen-bond donors (Lipinski definition) is 2. The van der Waals surface area contributed by atoms with Crippen molar-refractivity contribution < 1.29 is 5.11 Å². The second-order valence-electron chi connectivity index (χ2n) is 5.91. The summed E-state index contributed by atoms with van der Waals surface area (Å²) in [5, 5.41) is 19.5. The maximum Gasteiger partial charge on any atom is 0.135 e. The lowest BCUT2D eigenvalue weighted by Gasteiger charge is -2.36. The molecule has 0 unspecified atom stereocenters. The van der Waals surface area contributed by atoms with E-state index in [1.807, 2.05) is 29.2 Å². The molecule has 0 aliphatic carbocycles. The van der Waals surface area contributed by atoms with Gasteiger partial charge >= 0.3 is 0 Å². The van der Waals surface area contributed by atoms with Crippen molar-refractivity contribution in [1.82, 2.24) is 9.88 Å². The first-order valence-corrected chi connectivity index (χ1v) is 7.90. The summed E-state index contributed by atoms with van der Waals surface area (Å²) in [4.78, 5) is 6.52. The number of aliphatic hydroxyl groups is 1. The molecule has 2 N–H and O–H groups in total. The lowest BCUT2D eigenvalue weighted by Crippen LogP contribution is -2.45. The summed E-state index contributed by atoms with van der Waals surface area (Å²) in [6, 6.07) is 7.90. The number of nitrogens with zero attached hydrogens (tertiary/aromatic N) is 2. The van der Waals surface area contributed by atoms with E-state index in [9.17, 15) is 5.11 Å². The summed E-state index contributed by atoms with van der Waals surface area (Å²) in [6.07, 6.45) is 0.912. The molecule has 1 aromatic carbocycles. The molecule has 0 saturated heterocycles. The minimum Gasteiger partial charge on any atom is -0.510 e. The van der Waals surface area contributed by atoms with Crippen LogP contribution >= 0.6 is 11.3 Å². The first-order valence-electron chi connectivity index (χ1n) is 7.08. The third-order valence-electron chi connectivity index (χ3n) is 4.21. The van der Waals surface area contributed by atoms with E-state index in [4.69, 9.17) is 5.41 Å². The molecule has 0 bridgehead atoms. The molecule has 2 aromatic rings. The molecule has 21 heavy (non-hydrogen) atoms. The summed E-state index contributed by atoms with van der Waals surface area (Å²) in [7, 11) is 0. The number of aliphatic hydroxyl groups excluding tert-OH is 1. The molecule has 1 aliphatic rings. The zero-order valence-corrected chi connectivity index (χ0v) is 13.3. The van der Waals surface area contributed by atoms with Crippen molar-refractivity contribution in [2.45, 2.75) is 32.7 Å². The average Bonchev–Trinajstić information content (AvgIpc) is 2.99. The van der Waals surface area contributed by atoms with E-state index in [0.717, 1.165) is 21.6 Å². The molecule has 0 fully saturated rings. The monoisotopic (exact) mass is 301 g/mol. The SMILES string of the molecule is CCC(C)(C)N1CC(O)=C(c2nc3ccccc3s2)C1=N. The molecule has 1 aromatic heterocycles. The lowest BCUT2D eigenvalue weighted by molar-refractivity contribution is 0.208. The van der Waals surface area contributed by atoms with Crippen molar-refractivity contribution in [1.29, 1.82) is 5.41 Å². The fourth-order valence-electron chi connectivity index (χ4n) is 2.49. The van der Waals surface area contributed by atoms with Crippen LogP contribution in [-0.2, 0) is 0 Å². The van der Waals surface area contributed by atoms with Crippen LogP contribution in [0.1, 0.15) is 32.2 Å². The maximum absolute atomic E-state index is 10.3. The van der Waals surface area contributed by atoms with Gasteiger partial charge < -0.3 is 10.0 Å². The Morgan fingerprint density at radius 2 is 2.10 bits per heavy atom. The van der Waals surface area contributed by atoms with Crippen LogP contribution in [0.25, 0.3) is 15.8 Å². The molecule has 3 rings (SSSR count). The Hall–Kier alpha value is -1.88. The van der Waals surface area contributed by atoms with Crippen molar-refractivity contribution in [3.63, 3.8) is 0 Å². The smallest absolute Gasteiger partial charge is 0.135 e. The number of hydrogen-bond acceptors (Lipinski definition) is 4. The molecule has 0 amide bonds. The minimum atomic E-state index is -0.149. The summed E-state index contributed by atoms with van der Waals surface area (Å²) < 4.78 is 1.08. The van der Waals surface area contributed by atoms with Gasteiger partial charge in [0.2, 0.25) is 0 Å². The van der Waals surface area contributed by atoms with Gasteiger partial charge in [-0.2, -0.15) is 0 Å². The van der Waals surface area contributed by atoms with Crippen LogP contribution in [0.15, 0.2) is 30.0 Å². The number of benzene rings is 1. The molecule has 0 atom stereocenters. The predicted molar refractivity (Wildman–Crippen MR) is 88.0 cm³/mol. The number of fused-ring (bicyclic) bond motifs is 1. The van der Waals surface area contributed by atoms with E-state index in [-0.39, 0.29) is 11.3 Å². The third kappa shape index (κ3) is 2.21. The van der Waals surface area contributed by atoms with Crippen LogP contribution in [0, 0.1) is 5.41 Å². The van der Waals surface area contributed by atoms with Crippen LogP contribution in [0.3, 0.4) is 0 Å². The van der Waals surface area contributed by atoms with E-state index in [0.29, 0.717) is 18.0 Å². The van der Waals surface area contributed by atoms with Gasteiger partial charge in [0.25, 0.3) is 0 Å². The topological polar surface area (TPSA) is 60.2 Å².